The Bertz CT molecular complexity index is 1020. The van der Waals surface area contributed by atoms with Crippen LogP contribution in [-0.4, -0.2) is 30.6 Å². The molecule has 4 aromatic rings. The molecular weight excluding hydrogens is 304 g/mol. The van der Waals surface area contributed by atoms with Crippen molar-refractivity contribution < 1.29 is 4.79 Å². The van der Waals surface area contributed by atoms with Gasteiger partial charge in [0.05, 0.1) is 0 Å². The normalized spacial score (nSPS) is 10.9. The van der Waals surface area contributed by atoms with Crippen molar-refractivity contribution in [3.63, 3.8) is 0 Å². The third-order valence-corrected chi connectivity index (χ3v) is 3.80. The van der Waals surface area contributed by atoms with Gasteiger partial charge < -0.3 is 4.57 Å². The highest BCUT2D eigenvalue weighted by molar-refractivity contribution is 6.05. The zero-order valence-corrected chi connectivity index (χ0v) is 12.9. The number of aryl methyl sites for hydroxylation is 1. The molecule has 3 heterocycles. The topological polar surface area (TPSA) is 88.5 Å². The van der Waals surface area contributed by atoms with E-state index >= 15 is 0 Å². The van der Waals surface area contributed by atoms with Crippen molar-refractivity contribution in [3.05, 3.63) is 60.4 Å². The lowest BCUT2D eigenvalue weighted by molar-refractivity contribution is 0.101. The minimum atomic E-state index is -0.264. The van der Waals surface area contributed by atoms with E-state index in [-0.39, 0.29) is 11.9 Å². The number of aromatic nitrogens is 5. The Kier molecular flexibility index (Phi) is 3.31. The molecule has 7 nitrogen and oxygen atoms in total. The molecule has 1 aromatic carbocycles. The van der Waals surface area contributed by atoms with Crippen molar-refractivity contribution in [2.45, 2.75) is 0 Å². The molecule has 4 rings (SSSR count). The summed E-state index contributed by atoms with van der Waals surface area (Å²) < 4.78 is 1.84. The van der Waals surface area contributed by atoms with Gasteiger partial charge in [-0.1, -0.05) is 24.3 Å². The van der Waals surface area contributed by atoms with E-state index < -0.39 is 0 Å². The number of pyridine rings is 1. The number of benzene rings is 1. The Balaban J connectivity index is 1.60. The van der Waals surface area contributed by atoms with Gasteiger partial charge in [0.15, 0.2) is 5.82 Å². The van der Waals surface area contributed by atoms with Crippen LogP contribution in [0.5, 0.6) is 0 Å². The average molecular weight is 318 g/mol. The molecule has 0 aliphatic heterocycles. The summed E-state index contributed by atoms with van der Waals surface area (Å²) in [4.78, 5) is 21.0. The lowest BCUT2D eigenvalue weighted by Crippen LogP contribution is -2.16. The molecule has 0 saturated carbocycles. The van der Waals surface area contributed by atoms with Gasteiger partial charge in [0.2, 0.25) is 5.95 Å². The number of amides is 1. The maximum atomic E-state index is 12.5. The van der Waals surface area contributed by atoms with Gasteiger partial charge >= 0.3 is 0 Å². The third-order valence-electron chi connectivity index (χ3n) is 3.80. The standard InChI is InChI=1S/C17H14N6O/c1-23-13-8-3-2-6-11(13)10-14(23)16(24)20-17-19-15(21-22-17)12-7-4-5-9-18-12/h2-10H,1H3,(H2,19,20,21,22,24). The molecule has 118 valence electrons. The fraction of sp³-hybridized carbons (Fsp3) is 0.0588. The molecule has 7 heteroatoms. The molecule has 3 aromatic heterocycles. The second kappa shape index (κ2) is 5.62. The van der Waals surface area contributed by atoms with E-state index in [1.165, 1.54) is 0 Å². The Labute approximate surface area is 137 Å². The third kappa shape index (κ3) is 2.41. The summed E-state index contributed by atoms with van der Waals surface area (Å²) in [6, 6.07) is 15.2. The fourth-order valence-corrected chi connectivity index (χ4v) is 2.61. The highest BCUT2D eigenvalue weighted by Crippen LogP contribution is 2.19. The average Bonchev–Trinajstić information content (AvgIpc) is 3.21. The van der Waals surface area contributed by atoms with Crippen LogP contribution >= 0.6 is 0 Å². The Morgan fingerprint density at radius 1 is 1.17 bits per heavy atom. The van der Waals surface area contributed by atoms with E-state index in [2.05, 4.69) is 25.5 Å². The van der Waals surface area contributed by atoms with Crippen LogP contribution in [-0.2, 0) is 7.05 Å². The molecular formula is C17H14N6O. The number of carbonyl (C=O) groups is 1. The maximum absolute atomic E-state index is 12.5. The highest BCUT2D eigenvalue weighted by atomic mass is 16.2. The number of nitrogens with zero attached hydrogens (tertiary/aromatic N) is 4. The van der Waals surface area contributed by atoms with E-state index in [4.69, 9.17) is 0 Å². The monoisotopic (exact) mass is 318 g/mol. The van der Waals surface area contributed by atoms with Crippen molar-refractivity contribution in [1.82, 2.24) is 24.7 Å². The Morgan fingerprint density at radius 2 is 2.00 bits per heavy atom. The number of rotatable bonds is 3. The largest absolute Gasteiger partial charge is 0.340 e. The van der Waals surface area contributed by atoms with Crippen LogP contribution in [0, 0.1) is 0 Å². The van der Waals surface area contributed by atoms with Crippen LogP contribution in [0.25, 0.3) is 22.4 Å². The first-order valence-corrected chi connectivity index (χ1v) is 7.42. The number of H-pyrrole nitrogens is 1. The smallest absolute Gasteiger partial charge is 0.274 e. The zero-order chi connectivity index (χ0) is 16.5. The molecule has 0 atom stereocenters. The van der Waals surface area contributed by atoms with Crippen LogP contribution in [0.15, 0.2) is 54.7 Å². The molecule has 0 aliphatic carbocycles. The number of hydrogen-bond donors (Lipinski definition) is 2. The van der Waals surface area contributed by atoms with E-state index in [9.17, 15) is 4.79 Å². The molecule has 1 amide bonds. The van der Waals surface area contributed by atoms with Crippen LogP contribution in [0.4, 0.5) is 5.95 Å². The van der Waals surface area contributed by atoms with Crippen molar-refractivity contribution in [2.24, 2.45) is 7.05 Å². The Hall–Kier alpha value is -3.48. The minimum absolute atomic E-state index is 0.214. The molecule has 0 radical (unpaired) electrons. The molecule has 0 saturated heterocycles. The van der Waals surface area contributed by atoms with Crippen LogP contribution < -0.4 is 5.32 Å². The van der Waals surface area contributed by atoms with Gasteiger partial charge in [0.1, 0.15) is 11.4 Å². The summed E-state index contributed by atoms with van der Waals surface area (Å²) in [6.07, 6.45) is 1.67. The van der Waals surface area contributed by atoms with Crippen LogP contribution in [0.1, 0.15) is 10.5 Å². The number of para-hydroxylation sites is 1. The lowest BCUT2D eigenvalue weighted by atomic mass is 10.2. The van der Waals surface area contributed by atoms with Gasteiger partial charge in [-0.3, -0.25) is 20.2 Å². The second-order valence-corrected chi connectivity index (χ2v) is 5.32. The SMILES string of the molecule is Cn1c(C(=O)Nc2n[nH]c(-c3ccccn3)n2)cc2ccccc21. The van der Waals surface area contributed by atoms with Crippen molar-refractivity contribution in [3.8, 4) is 11.5 Å². The quantitative estimate of drug-likeness (QED) is 0.608. The predicted octanol–water partition coefficient (Wildman–Crippen LogP) is 2.61. The van der Waals surface area contributed by atoms with E-state index in [1.54, 1.807) is 6.20 Å². The van der Waals surface area contributed by atoms with E-state index in [1.807, 2.05) is 60.1 Å². The summed E-state index contributed by atoms with van der Waals surface area (Å²) >= 11 is 0. The fourth-order valence-electron chi connectivity index (χ4n) is 2.61. The van der Waals surface area contributed by atoms with Gasteiger partial charge in [-0.05, 0) is 24.3 Å². The van der Waals surface area contributed by atoms with Gasteiger partial charge in [0, 0.05) is 24.1 Å². The first kappa shape index (κ1) is 14.1. The highest BCUT2D eigenvalue weighted by Gasteiger charge is 2.15. The number of anilines is 1. The molecule has 2 N–H and O–H groups in total. The van der Waals surface area contributed by atoms with Crippen molar-refractivity contribution in [2.75, 3.05) is 5.32 Å². The number of aromatic amines is 1. The predicted molar refractivity (Wildman–Crippen MR) is 90.5 cm³/mol. The van der Waals surface area contributed by atoms with Crippen LogP contribution in [0.3, 0.4) is 0 Å². The molecule has 0 spiro atoms. The van der Waals surface area contributed by atoms with Crippen LogP contribution in [0.2, 0.25) is 0 Å². The Morgan fingerprint density at radius 3 is 2.79 bits per heavy atom. The van der Waals surface area contributed by atoms with Gasteiger partial charge in [-0.15, -0.1) is 5.10 Å². The minimum Gasteiger partial charge on any atom is -0.340 e. The van der Waals surface area contributed by atoms with Crippen molar-refractivity contribution >= 4 is 22.8 Å². The van der Waals surface area contributed by atoms with Gasteiger partial charge in [0.25, 0.3) is 5.91 Å². The molecule has 0 bridgehead atoms. The summed E-state index contributed by atoms with van der Waals surface area (Å²) in [5.41, 5.74) is 2.20. The summed E-state index contributed by atoms with van der Waals surface area (Å²) in [7, 11) is 1.86. The molecule has 0 aliphatic rings. The molecule has 0 unspecified atom stereocenters. The second-order valence-electron chi connectivity index (χ2n) is 5.32. The molecule has 24 heavy (non-hydrogen) atoms. The molecule has 0 fully saturated rings. The first-order valence-electron chi connectivity index (χ1n) is 7.42. The first-order chi connectivity index (χ1) is 11.7. The van der Waals surface area contributed by atoms with E-state index in [0.29, 0.717) is 17.2 Å². The van der Waals surface area contributed by atoms with Gasteiger partial charge in [-0.25, -0.2) is 0 Å². The summed E-state index contributed by atoms with van der Waals surface area (Å²) in [5, 5.41) is 10.5. The van der Waals surface area contributed by atoms with E-state index in [0.717, 1.165) is 10.9 Å². The number of hydrogen-bond acceptors (Lipinski definition) is 4. The van der Waals surface area contributed by atoms with Crippen molar-refractivity contribution in [1.29, 1.82) is 0 Å². The maximum Gasteiger partial charge on any atom is 0.274 e. The van der Waals surface area contributed by atoms with Gasteiger partial charge in [-0.2, -0.15) is 4.98 Å². The summed E-state index contributed by atoms with van der Waals surface area (Å²) in [5.74, 6) is 0.453. The lowest BCUT2D eigenvalue weighted by Gasteiger charge is -2.03. The summed E-state index contributed by atoms with van der Waals surface area (Å²) in [6.45, 7) is 0. The number of fused-ring (bicyclic) bond motifs is 1. The number of nitrogens with one attached hydrogen (secondary N) is 2. The zero-order valence-electron chi connectivity index (χ0n) is 12.9. The number of carbonyl (C=O) groups excluding carboxylic acids is 1.